The van der Waals surface area contributed by atoms with Crippen molar-refractivity contribution >= 4 is 47.7 Å². The number of esters is 1. The number of rotatable bonds is 13. The second kappa shape index (κ2) is 16.2. The van der Waals surface area contributed by atoms with Gasteiger partial charge in [0.05, 0.1) is 21.8 Å². The van der Waals surface area contributed by atoms with E-state index in [1.165, 1.54) is 25.1 Å². The molecule has 276 valence electrons. The highest BCUT2D eigenvalue weighted by atomic mass is 35.5. The highest BCUT2D eigenvalue weighted by molar-refractivity contribution is 7.52. The van der Waals surface area contributed by atoms with E-state index in [2.05, 4.69) is 15.3 Å². The van der Waals surface area contributed by atoms with E-state index in [0.29, 0.717) is 5.39 Å². The van der Waals surface area contributed by atoms with E-state index in [1.54, 1.807) is 58.0 Å². The van der Waals surface area contributed by atoms with Crippen molar-refractivity contribution in [2.45, 2.75) is 59.4 Å². The number of ether oxygens (including phenoxy) is 2. The molecule has 0 bridgehead atoms. The van der Waals surface area contributed by atoms with E-state index in [0.717, 1.165) is 14.7 Å². The van der Waals surface area contributed by atoms with Crippen molar-refractivity contribution in [2.24, 2.45) is 0 Å². The molecule has 0 amide bonds. The van der Waals surface area contributed by atoms with Gasteiger partial charge in [0.15, 0.2) is 12.5 Å². The lowest BCUT2D eigenvalue weighted by molar-refractivity contribution is -0.149. The fourth-order valence-electron chi connectivity index (χ4n) is 4.86. The molecule has 3 aromatic carbocycles. The van der Waals surface area contributed by atoms with Crippen molar-refractivity contribution < 1.29 is 27.9 Å². The van der Waals surface area contributed by atoms with Crippen LogP contribution in [0.25, 0.3) is 16.5 Å². The zero-order valence-electron chi connectivity index (χ0n) is 28.8. The molecule has 0 fully saturated rings. The molecule has 5 rings (SSSR count). The van der Waals surface area contributed by atoms with Crippen LogP contribution in [0.3, 0.4) is 0 Å². The first-order valence-corrected chi connectivity index (χ1v) is 18.2. The van der Waals surface area contributed by atoms with Gasteiger partial charge in [-0.05, 0) is 50.3 Å². The monoisotopic (exact) mass is 783 g/mol. The van der Waals surface area contributed by atoms with Crippen molar-refractivity contribution in [3.05, 3.63) is 113 Å². The van der Waals surface area contributed by atoms with Gasteiger partial charge in [0.25, 0.3) is 11.1 Å². The lowest BCUT2D eigenvalue weighted by atomic mass is 10.1. The maximum absolute atomic E-state index is 14.4. The number of nitriles is 1. The molecule has 0 saturated heterocycles. The SMILES string of the molecule is CC(C)OC(=O)[C@H](C)NP(=O)(OCn1nc(Oc2c(Cl)cc(-n3nc(C#N)c(=O)[nH]c3=O)cc2Cl)cc(C(C)C)c1=O)Oc1cccc2ccccc12. The van der Waals surface area contributed by atoms with Gasteiger partial charge in [0, 0.05) is 17.0 Å². The Bertz CT molecular complexity index is 2450. The number of aromatic nitrogens is 5. The number of hydrogen-bond donors (Lipinski definition) is 2. The second-order valence-corrected chi connectivity index (χ2v) is 14.5. The van der Waals surface area contributed by atoms with Crippen molar-refractivity contribution in [3.63, 3.8) is 0 Å². The number of halogens is 2. The van der Waals surface area contributed by atoms with Gasteiger partial charge in [-0.25, -0.2) is 9.36 Å². The average molecular weight is 785 g/mol. The minimum Gasteiger partial charge on any atom is -0.462 e. The summed E-state index contributed by atoms with van der Waals surface area (Å²) in [5, 5.41) is 20.9. The second-order valence-electron chi connectivity index (χ2n) is 12.0. The molecule has 5 aromatic rings. The summed E-state index contributed by atoms with van der Waals surface area (Å²) in [4.78, 5) is 52.5. The summed E-state index contributed by atoms with van der Waals surface area (Å²) < 4.78 is 38.9. The van der Waals surface area contributed by atoms with Crippen molar-refractivity contribution in [2.75, 3.05) is 0 Å². The number of benzene rings is 3. The highest BCUT2D eigenvalue weighted by Crippen LogP contribution is 2.47. The van der Waals surface area contributed by atoms with Crippen LogP contribution in [0.15, 0.2) is 75.0 Å². The molecule has 19 heteroatoms. The Morgan fingerprint density at radius 2 is 1.68 bits per heavy atom. The Kier molecular flexibility index (Phi) is 11.9. The van der Waals surface area contributed by atoms with Gasteiger partial charge in [-0.3, -0.25) is 23.9 Å². The average Bonchev–Trinajstić information content (AvgIpc) is 3.09. The van der Waals surface area contributed by atoms with Crippen LogP contribution in [0.5, 0.6) is 17.4 Å². The Morgan fingerprint density at radius 3 is 2.34 bits per heavy atom. The van der Waals surface area contributed by atoms with E-state index in [9.17, 15) is 29.0 Å². The van der Waals surface area contributed by atoms with Gasteiger partial charge >= 0.3 is 19.4 Å². The van der Waals surface area contributed by atoms with Gasteiger partial charge in [0.2, 0.25) is 11.6 Å². The fraction of sp³-hybridized carbons (Fsp3) is 0.265. The minimum absolute atomic E-state index is 0.000232. The molecule has 0 spiro atoms. The van der Waals surface area contributed by atoms with Crippen molar-refractivity contribution in [3.8, 4) is 29.1 Å². The molecular weight excluding hydrogens is 752 g/mol. The number of H-pyrrole nitrogens is 1. The number of nitrogens with one attached hydrogen (secondary N) is 2. The van der Waals surface area contributed by atoms with Gasteiger partial charge in [-0.2, -0.15) is 19.7 Å². The molecular formula is C34H32Cl2N7O9P. The molecule has 1 unspecified atom stereocenters. The number of hydrogen-bond acceptors (Lipinski definition) is 12. The van der Waals surface area contributed by atoms with Crippen molar-refractivity contribution in [1.82, 2.24) is 29.6 Å². The molecule has 2 N–H and O–H groups in total. The number of fused-ring (bicyclic) bond motifs is 1. The third-order valence-corrected chi connectivity index (χ3v) is 9.50. The number of nitrogens with zero attached hydrogens (tertiary/aromatic N) is 5. The van der Waals surface area contributed by atoms with Crippen LogP contribution in [-0.4, -0.2) is 42.7 Å². The smallest absolute Gasteiger partial charge is 0.461 e. The predicted molar refractivity (Wildman–Crippen MR) is 195 cm³/mol. The van der Waals surface area contributed by atoms with Gasteiger partial charge in [0.1, 0.15) is 17.9 Å². The standard InChI is InChI=1S/C34H32Cl2N7O9P/c1-18(2)24-15-29(51-30-25(35)13-22(14-26(30)36)43-34(47)38-31(44)27(16-37)39-43)40-42(32(24)45)17-49-53(48,41-20(5)33(46)50-19(3)4)52-28-12-8-10-21-9-6-7-11-23(21)28/h6-15,18-20H,17H2,1-5H3,(H,41,48)(H,38,44,47)/t20-,53?/m0/s1. The summed E-state index contributed by atoms with van der Waals surface area (Å²) in [6.07, 6.45) is -0.455. The molecule has 0 aliphatic carbocycles. The largest absolute Gasteiger partial charge is 0.462 e. The van der Waals surface area contributed by atoms with Crippen LogP contribution in [0.2, 0.25) is 10.0 Å². The molecule has 0 aliphatic heterocycles. The first kappa shape index (κ1) is 38.9. The van der Waals surface area contributed by atoms with Crippen LogP contribution in [0.4, 0.5) is 0 Å². The lowest BCUT2D eigenvalue weighted by Gasteiger charge is -2.24. The van der Waals surface area contributed by atoms with E-state index < -0.39 is 55.1 Å². The third-order valence-electron chi connectivity index (χ3n) is 7.35. The maximum atomic E-state index is 14.4. The van der Waals surface area contributed by atoms with E-state index in [4.69, 9.17) is 41.7 Å². The predicted octanol–water partition coefficient (Wildman–Crippen LogP) is 5.82. The normalized spacial score (nSPS) is 13.1. The van der Waals surface area contributed by atoms with Crippen molar-refractivity contribution in [1.29, 1.82) is 5.26 Å². The van der Waals surface area contributed by atoms with Crippen LogP contribution in [0.1, 0.15) is 51.8 Å². The molecule has 0 aliphatic rings. The first-order chi connectivity index (χ1) is 25.1. The summed E-state index contributed by atoms with van der Waals surface area (Å²) in [6, 6.07) is 16.6. The van der Waals surface area contributed by atoms with Gasteiger partial charge in [-0.15, -0.1) is 10.2 Å². The van der Waals surface area contributed by atoms with Crippen LogP contribution in [0, 0.1) is 11.3 Å². The van der Waals surface area contributed by atoms with E-state index in [1.807, 2.05) is 23.2 Å². The fourth-order valence-corrected chi connectivity index (χ4v) is 6.85. The van der Waals surface area contributed by atoms with E-state index in [-0.39, 0.29) is 44.6 Å². The topological polar surface area (TPSA) is 210 Å². The first-order valence-electron chi connectivity index (χ1n) is 15.9. The van der Waals surface area contributed by atoms with Crippen LogP contribution < -0.4 is 31.2 Å². The quantitative estimate of drug-likeness (QED) is 0.107. The summed E-state index contributed by atoms with van der Waals surface area (Å²) in [6.45, 7) is 7.52. The Morgan fingerprint density at radius 1 is 1.00 bits per heavy atom. The van der Waals surface area contributed by atoms with Gasteiger partial charge in [-0.1, -0.05) is 73.4 Å². The Labute approximate surface area is 311 Å². The summed E-state index contributed by atoms with van der Waals surface area (Å²) in [5.74, 6) is -1.20. The molecule has 2 atom stereocenters. The molecule has 0 radical (unpaired) electrons. The molecule has 16 nitrogen and oxygen atoms in total. The maximum Gasteiger partial charge on any atom is 0.461 e. The molecule has 2 heterocycles. The summed E-state index contributed by atoms with van der Waals surface area (Å²) in [7, 11) is -4.48. The lowest BCUT2D eigenvalue weighted by Crippen LogP contribution is -2.37. The van der Waals surface area contributed by atoms with Crippen LogP contribution >= 0.6 is 30.9 Å². The third kappa shape index (κ3) is 9.02. The summed E-state index contributed by atoms with van der Waals surface area (Å²) >= 11 is 13.0. The zero-order chi connectivity index (χ0) is 38.6. The molecule has 53 heavy (non-hydrogen) atoms. The number of carbonyl (C=O) groups excluding carboxylic acids is 1. The molecule has 0 saturated carbocycles. The van der Waals surface area contributed by atoms with E-state index >= 15 is 0 Å². The zero-order valence-corrected chi connectivity index (χ0v) is 31.2. The Hall–Kier alpha value is -5.30. The molecule has 2 aromatic heterocycles. The highest BCUT2D eigenvalue weighted by Gasteiger charge is 2.34. The Balaban J connectivity index is 1.49. The van der Waals surface area contributed by atoms with Gasteiger partial charge < -0.3 is 14.0 Å². The van der Waals surface area contributed by atoms with Crippen LogP contribution in [-0.2, 0) is 25.4 Å². The number of aromatic amines is 1. The summed E-state index contributed by atoms with van der Waals surface area (Å²) in [5.41, 5.74) is -2.87. The number of carbonyl (C=O) groups is 1. The minimum atomic E-state index is -4.48.